The molecule has 0 saturated carbocycles. The predicted octanol–water partition coefficient (Wildman–Crippen LogP) is 1.76. The van der Waals surface area contributed by atoms with Crippen molar-refractivity contribution in [1.29, 1.82) is 0 Å². The zero-order valence-corrected chi connectivity index (χ0v) is 6.82. The van der Waals surface area contributed by atoms with Gasteiger partial charge in [0, 0.05) is 5.92 Å². The van der Waals surface area contributed by atoms with Crippen molar-refractivity contribution in [3.63, 3.8) is 0 Å². The Balaban J connectivity index is 2.26. The summed E-state index contributed by atoms with van der Waals surface area (Å²) in [7, 11) is 0. The Hall–Kier alpha value is -0.790. The highest BCUT2D eigenvalue weighted by Crippen LogP contribution is 2.21. The van der Waals surface area contributed by atoms with Gasteiger partial charge in [-0.25, -0.2) is 0 Å². The number of hydrogen-bond donors (Lipinski definition) is 0. The maximum absolute atomic E-state index is 9.87. The molecule has 0 aliphatic heterocycles. The van der Waals surface area contributed by atoms with Crippen LogP contribution in [0.15, 0.2) is 12.2 Å². The molecule has 2 unspecified atom stereocenters. The smallest absolute Gasteiger partial charge is 0.293 e. The molecule has 0 amide bonds. The second kappa shape index (κ2) is 4.16. The maximum atomic E-state index is 9.87. The Morgan fingerprint density at radius 2 is 2.36 bits per heavy atom. The van der Waals surface area contributed by atoms with Gasteiger partial charge in [-0.05, 0) is 18.8 Å². The molecular weight excluding hydrogens is 140 g/mol. The first-order chi connectivity index (χ1) is 5.33. The van der Waals surface area contributed by atoms with Crippen molar-refractivity contribution in [2.45, 2.75) is 19.8 Å². The number of carbonyl (C=O) groups is 1. The van der Waals surface area contributed by atoms with Gasteiger partial charge in [-0.2, -0.15) is 0 Å². The van der Waals surface area contributed by atoms with Crippen LogP contribution in [0, 0.1) is 11.8 Å². The van der Waals surface area contributed by atoms with Crippen molar-refractivity contribution in [3.05, 3.63) is 12.2 Å². The van der Waals surface area contributed by atoms with Gasteiger partial charge < -0.3 is 4.74 Å². The highest BCUT2D eigenvalue weighted by atomic mass is 16.5. The van der Waals surface area contributed by atoms with Crippen molar-refractivity contribution in [2.75, 3.05) is 6.61 Å². The Labute approximate surface area is 67.2 Å². The van der Waals surface area contributed by atoms with Crippen molar-refractivity contribution in [2.24, 2.45) is 11.8 Å². The van der Waals surface area contributed by atoms with Crippen LogP contribution in [0.1, 0.15) is 19.8 Å². The molecule has 1 aliphatic rings. The fourth-order valence-corrected chi connectivity index (χ4v) is 1.32. The summed E-state index contributed by atoms with van der Waals surface area (Å²) in [6.07, 6.45) is 6.70. The van der Waals surface area contributed by atoms with Crippen LogP contribution in [0.5, 0.6) is 0 Å². The van der Waals surface area contributed by atoms with E-state index in [2.05, 4.69) is 23.8 Å². The van der Waals surface area contributed by atoms with Gasteiger partial charge in [0.1, 0.15) is 0 Å². The summed E-state index contributed by atoms with van der Waals surface area (Å²) < 4.78 is 4.68. The number of rotatable bonds is 3. The van der Waals surface area contributed by atoms with Crippen molar-refractivity contribution in [1.82, 2.24) is 0 Å². The molecule has 0 aromatic rings. The average Bonchev–Trinajstić information content (AvgIpc) is 2.04. The molecule has 2 nitrogen and oxygen atoms in total. The quantitative estimate of drug-likeness (QED) is 0.457. The van der Waals surface area contributed by atoms with Crippen LogP contribution in [0.4, 0.5) is 0 Å². The largest absolute Gasteiger partial charge is 0.467 e. The molecule has 1 aliphatic carbocycles. The Kier molecular flexibility index (Phi) is 3.14. The Morgan fingerprint density at radius 3 is 2.91 bits per heavy atom. The molecule has 62 valence electrons. The van der Waals surface area contributed by atoms with E-state index in [0.717, 1.165) is 6.42 Å². The Bertz CT molecular complexity index is 152. The maximum Gasteiger partial charge on any atom is 0.293 e. The van der Waals surface area contributed by atoms with Gasteiger partial charge in [0.25, 0.3) is 6.47 Å². The molecule has 0 aromatic carbocycles. The third-order valence-electron chi connectivity index (χ3n) is 2.08. The van der Waals surface area contributed by atoms with Crippen LogP contribution in [0.2, 0.25) is 0 Å². The molecule has 2 heteroatoms. The van der Waals surface area contributed by atoms with Gasteiger partial charge in [-0.15, -0.1) is 0 Å². The first-order valence-electron chi connectivity index (χ1n) is 4.06. The van der Waals surface area contributed by atoms with Gasteiger partial charge >= 0.3 is 0 Å². The molecule has 0 heterocycles. The van der Waals surface area contributed by atoms with E-state index in [4.69, 9.17) is 0 Å². The van der Waals surface area contributed by atoms with Gasteiger partial charge in [0.05, 0.1) is 6.61 Å². The number of ether oxygens (including phenoxy) is 1. The molecule has 1 rings (SSSR count). The summed E-state index contributed by atoms with van der Waals surface area (Å²) in [5.41, 5.74) is 0. The molecule has 0 fully saturated rings. The average molecular weight is 154 g/mol. The predicted molar refractivity (Wildman–Crippen MR) is 43.0 cm³/mol. The van der Waals surface area contributed by atoms with Gasteiger partial charge in [-0.1, -0.05) is 19.1 Å². The lowest BCUT2D eigenvalue weighted by atomic mass is 9.90. The van der Waals surface area contributed by atoms with Crippen molar-refractivity contribution < 1.29 is 9.53 Å². The number of allylic oxidation sites excluding steroid dienone is 1. The zero-order chi connectivity index (χ0) is 8.10. The number of hydrogen-bond acceptors (Lipinski definition) is 2. The van der Waals surface area contributed by atoms with Crippen LogP contribution >= 0.6 is 0 Å². The van der Waals surface area contributed by atoms with E-state index in [-0.39, 0.29) is 0 Å². The van der Waals surface area contributed by atoms with E-state index in [1.54, 1.807) is 0 Å². The second-order valence-corrected chi connectivity index (χ2v) is 3.13. The summed E-state index contributed by atoms with van der Waals surface area (Å²) in [4.78, 5) is 9.87. The van der Waals surface area contributed by atoms with Gasteiger partial charge in [0.2, 0.25) is 0 Å². The topological polar surface area (TPSA) is 26.3 Å². The van der Waals surface area contributed by atoms with E-state index in [1.807, 2.05) is 0 Å². The molecule has 0 radical (unpaired) electrons. The van der Waals surface area contributed by atoms with Crippen LogP contribution in [-0.4, -0.2) is 13.1 Å². The molecule has 0 spiro atoms. The monoisotopic (exact) mass is 154 g/mol. The van der Waals surface area contributed by atoms with Crippen LogP contribution in [0.3, 0.4) is 0 Å². The molecule has 0 aromatic heterocycles. The first-order valence-corrected chi connectivity index (χ1v) is 4.06. The minimum absolute atomic E-state index is 0.455. The van der Waals surface area contributed by atoms with E-state index in [9.17, 15) is 4.79 Å². The fourth-order valence-electron chi connectivity index (χ4n) is 1.32. The summed E-state index contributed by atoms with van der Waals surface area (Å²) in [5.74, 6) is 1.15. The highest BCUT2D eigenvalue weighted by Gasteiger charge is 2.12. The second-order valence-electron chi connectivity index (χ2n) is 3.13. The fraction of sp³-hybridized carbons (Fsp3) is 0.667. The lowest BCUT2D eigenvalue weighted by molar-refractivity contribution is -0.129. The minimum Gasteiger partial charge on any atom is -0.467 e. The summed E-state index contributed by atoms with van der Waals surface area (Å²) in [6.45, 7) is 3.27. The van der Waals surface area contributed by atoms with Crippen LogP contribution < -0.4 is 0 Å². The molecule has 0 bridgehead atoms. The summed E-state index contributed by atoms with van der Waals surface area (Å²) >= 11 is 0. The molecule has 0 N–H and O–H groups in total. The minimum atomic E-state index is 0.455. The van der Waals surface area contributed by atoms with Crippen molar-refractivity contribution >= 4 is 6.47 Å². The molecular formula is C9H14O2. The third kappa shape index (κ3) is 2.74. The third-order valence-corrected chi connectivity index (χ3v) is 2.08. The Morgan fingerprint density at radius 1 is 1.55 bits per heavy atom. The van der Waals surface area contributed by atoms with Crippen LogP contribution in [0.25, 0.3) is 0 Å². The first kappa shape index (κ1) is 8.31. The van der Waals surface area contributed by atoms with Gasteiger partial charge in [-0.3, -0.25) is 4.79 Å². The van der Waals surface area contributed by atoms with E-state index in [0.29, 0.717) is 24.9 Å². The lowest BCUT2D eigenvalue weighted by Gasteiger charge is -2.18. The highest BCUT2D eigenvalue weighted by molar-refractivity contribution is 5.36. The number of carbonyl (C=O) groups excluding carboxylic acids is 1. The molecule has 0 saturated heterocycles. The molecule has 11 heavy (non-hydrogen) atoms. The lowest BCUT2D eigenvalue weighted by Crippen LogP contribution is -2.11. The van der Waals surface area contributed by atoms with E-state index >= 15 is 0 Å². The SMILES string of the molecule is CC1C=CC(COC=O)CC1. The van der Waals surface area contributed by atoms with Crippen molar-refractivity contribution in [3.8, 4) is 0 Å². The van der Waals surface area contributed by atoms with E-state index < -0.39 is 0 Å². The summed E-state index contributed by atoms with van der Waals surface area (Å²) in [5, 5.41) is 0. The van der Waals surface area contributed by atoms with Crippen LogP contribution in [-0.2, 0) is 9.53 Å². The summed E-state index contributed by atoms with van der Waals surface area (Å²) in [6, 6.07) is 0. The standard InChI is InChI=1S/C9H14O2/c1-8-2-4-9(5-3-8)6-11-7-10/h2,4,7-9H,3,5-6H2,1H3. The molecule has 2 atom stereocenters. The van der Waals surface area contributed by atoms with E-state index in [1.165, 1.54) is 6.42 Å². The van der Waals surface area contributed by atoms with Gasteiger partial charge in [0.15, 0.2) is 0 Å². The zero-order valence-electron chi connectivity index (χ0n) is 6.82. The normalized spacial score (nSPS) is 29.9.